The summed E-state index contributed by atoms with van der Waals surface area (Å²) in [5.41, 5.74) is -1.99. The fraction of sp³-hybridized carbons (Fsp3) is 0.105. The van der Waals surface area contributed by atoms with Gasteiger partial charge in [-0.15, -0.1) is 13.2 Å². The highest BCUT2D eigenvalue weighted by atomic mass is 19.4. The van der Waals surface area contributed by atoms with Crippen molar-refractivity contribution in [2.24, 2.45) is 0 Å². The van der Waals surface area contributed by atoms with Crippen LogP contribution in [0.3, 0.4) is 0 Å². The van der Waals surface area contributed by atoms with Gasteiger partial charge in [0, 0.05) is 12.4 Å². The third-order valence-electron chi connectivity index (χ3n) is 3.97. The smallest absolute Gasteiger partial charge is 0.403 e. The number of benzene rings is 1. The highest BCUT2D eigenvalue weighted by molar-refractivity contribution is 5.94. The Kier molecular flexibility index (Phi) is 5.99. The van der Waals surface area contributed by atoms with Gasteiger partial charge in [-0.2, -0.15) is 0 Å². The van der Waals surface area contributed by atoms with Crippen LogP contribution in [0.2, 0.25) is 0 Å². The largest absolute Gasteiger partial charge is 0.573 e. The molecule has 3 aromatic rings. The molecule has 0 spiro atoms. The van der Waals surface area contributed by atoms with Crippen LogP contribution in [0.25, 0.3) is 0 Å². The first-order chi connectivity index (χ1) is 14.5. The van der Waals surface area contributed by atoms with Crippen LogP contribution in [-0.4, -0.2) is 22.2 Å². The summed E-state index contributed by atoms with van der Waals surface area (Å²) in [5.74, 6) is -5.73. The minimum atomic E-state index is -5.14. The number of hydrogen-bond donors (Lipinski definition) is 2. The summed E-state index contributed by atoms with van der Waals surface area (Å²) in [5, 5.41) is 2.29. The number of alkyl halides is 3. The highest BCUT2D eigenvalue weighted by Crippen LogP contribution is 2.30. The SMILES string of the molecule is O=C(N[C@@H](c1ccc(OC(F)(F)F)c(F)c1)c1ncccc1F)c1c[nH]c(=O)c(F)c1. The Hall–Kier alpha value is -3.83. The zero-order chi connectivity index (χ0) is 22.8. The molecule has 0 aliphatic heterocycles. The van der Waals surface area contributed by atoms with Gasteiger partial charge in [-0.25, -0.2) is 13.2 Å². The van der Waals surface area contributed by atoms with Crippen LogP contribution in [-0.2, 0) is 0 Å². The van der Waals surface area contributed by atoms with E-state index < -0.39 is 47.1 Å². The van der Waals surface area contributed by atoms with Gasteiger partial charge in [-0.3, -0.25) is 14.6 Å². The molecule has 2 aromatic heterocycles. The van der Waals surface area contributed by atoms with Crippen molar-refractivity contribution in [2.75, 3.05) is 0 Å². The molecule has 0 saturated carbocycles. The average Bonchev–Trinajstić information content (AvgIpc) is 2.69. The van der Waals surface area contributed by atoms with Crippen molar-refractivity contribution in [2.45, 2.75) is 12.4 Å². The fourth-order valence-electron chi connectivity index (χ4n) is 2.63. The molecule has 0 aliphatic rings. The number of carbonyl (C=O) groups is 1. The van der Waals surface area contributed by atoms with Gasteiger partial charge in [0.1, 0.15) is 11.5 Å². The Balaban J connectivity index is 2.00. The lowest BCUT2D eigenvalue weighted by molar-refractivity contribution is -0.275. The van der Waals surface area contributed by atoms with Gasteiger partial charge in [0.05, 0.1) is 11.6 Å². The van der Waals surface area contributed by atoms with Crippen molar-refractivity contribution in [3.05, 3.63) is 93.4 Å². The molecule has 1 aromatic carbocycles. The number of nitrogens with zero attached hydrogens (tertiary/aromatic N) is 1. The third-order valence-corrected chi connectivity index (χ3v) is 3.97. The standard InChI is InChI=1S/C19H11F6N3O3/c20-11-2-1-5-26-16(11)15(28-17(29)10-7-13(22)18(30)27-8-10)9-3-4-14(12(21)6-9)31-19(23,24)25/h1-8,15H,(H,27,30)(H,28,29)/t15-/m0/s1. The Labute approximate surface area is 169 Å². The number of rotatable bonds is 5. The number of aromatic amines is 1. The van der Waals surface area contributed by atoms with Gasteiger partial charge in [0.25, 0.3) is 11.5 Å². The maximum atomic E-state index is 14.3. The number of ether oxygens (including phenoxy) is 1. The number of halogens is 6. The van der Waals surface area contributed by atoms with E-state index in [2.05, 4.69) is 15.0 Å². The van der Waals surface area contributed by atoms with E-state index in [9.17, 15) is 35.9 Å². The van der Waals surface area contributed by atoms with E-state index in [0.717, 1.165) is 18.3 Å². The summed E-state index contributed by atoms with van der Waals surface area (Å²) in [7, 11) is 0. The Morgan fingerprint density at radius 3 is 2.42 bits per heavy atom. The molecule has 3 rings (SSSR count). The molecular weight excluding hydrogens is 432 g/mol. The van der Waals surface area contributed by atoms with E-state index in [1.54, 1.807) is 0 Å². The van der Waals surface area contributed by atoms with Crippen molar-refractivity contribution >= 4 is 5.91 Å². The molecule has 6 nitrogen and oxygen atoms in total. The summed E-state index contributed by atoms with van der Waals surface area (Å²) < 4.78 is 82.6. The first kappa shape index (κ1) is 21.9. The molecule has 0 saturated heterocycles. The minimum Gasteiger partial charge on any atom is -0.403 e. The number of amides is 1. The van der Waals surface area contributed by atoms with E-state index in [-0.39, 0.29) is 16.8 Å². The van der Waals surface area contributed by atoms with Crippen molar-refractivity contribution in [1.29, 1.82) is 0 Å². The molecule has 12 heteroatoms. The molecule has 0 aliphatic carbocycles. The first-order valence-corrected chi connectivity index (χ1v) is 8.40. The van der Waals surface area contributed by atoms with E-state index in [1.165, 1.54) is 12.3 Å². The van der Waals surface area contributed by atoms with E-state index >= 15 is 0 Å². The third kappa shape index (κ3) is 5.21. The molecule has 2 heterocycles. The Morgan fingerprint density at radius 2 is 1.81 bits per heavy atom. The van der Waals surface area contributed by atoms with Crippen LogP contribution >= 0.6 is 0 Å². The molecule has 1 atom stereocenters. The van der Waals surface area contributed by atoms with Crippen molar-refractivity contribution < 1.29 is 35.9 Å². The van der Waals surface area contributed by atoms with E-state index in [1.807, 2.05) is 4.98 Å². The molecule has 0 radical (unpaired) electrons. The average molecular weight is 443 g/mol. The number of aromatic nitrogens is 2. The first-order valence-electron chi connectivity index (χ1n) is 8.40. The second kappa shape index (κ2) is 8.50. The summed E-state index contributed by atoms with van der Waals surface area (Å²) in [6.07, 6.45) is -3.07. The van der Waals surface area contributed by atoms with Gasteiger partial charge in [-0.05, 0) is 35.9 Å². The van der Waals surface area contributed by atoms with Gasteiger partial charge in [-0.1, -0.05) is 6.07 Å². The number of H-pyrrole nitrogens is 1. The van der Waals surface area contributed by atoms with Crippen LogP contribution in [0.4, 0.5) is 26.3 Å². The summed E-state index contributed by atoms with van der Waals surface area (Å²) in [6, 6.07) is 3.62. The lowest BCUT2D eigenvalue weighted by Gasteiger charge is -2.20. The number of carbonyl (C=O) groups excluding carboxylic acids is 1. The molecule has 0 unspecified atom stereocenters. The molecule has 162 valence electrons. The maximum absolute atomic E-state index is 14.3. The van der Waals surface area contributed by atoms with Crippen LogP contribution in [0.15, 0.2) is 53.6 Å². The molecule has 31 heavy (non-hydrogen) atoms. The van der Waals surface area contributed by atoms with Crippen molar-refractivity contribution in [1.82, 2.24) is 15.3 Å². The van der Waals surface area contributed by atoms with Gasteiger partial charge < -0.3 is 15.0 Å². The maximum Gasteiger partial charge on any atom is 0.573 e. The van der Waals surface area contributed by atoms with Crippen LogP contribution in [0, 0.1) is 17.5 Å². The molecule has 0 fully saturated rings. The summed E-state index contributed by atoms with van der Waals surface area (Å²) in [4.78, 5) is 29.4. The second-order valence-electron chi connectivity index (χ2n) is 6.08. The lowest BCUT2D eigenvalue weighted by atomic mass is 10.0. The summed E-state index contributed by atoms with van der Waals surface area (Å²) >= 11 is 0. The van der Waals surface area contributed by atoms with E-state index in [4.69, 9.17) is 0 Å². The predicted molar refractivity (Wildman–Crippen MR) is 93.6 cm³/mol. The Morgan fingerprint density at radius 1 is 1.06 bits per heavy atom. The number of hydrogen-bond acceptors (Lipinski definition) is 4. The molecule has 0 bridgehead atoms. The monoisotopic (exact) mass is 443 g/mol. The Bertz CT molecular complexity index is 1180. The van der Waals surface area contributed by atoms with Crippen molar-refractivity contribution in [3.63, 3.8) is 0 Å². The zero-order valence-electron chi connectivity index (χ0n) is 15.1. The normalized spacial score (nSPS) is 12.3. The fourth-order valence-corrected chi connectivity index (χ4v) is 2.63. The number of pyridine rings is 2. The molecule has 1 amide bonds. The highest BCUT2D eigenvalue weighted by Gasteiger charge is 2.33. The number of nitrogens with one attached hydrogen (secondary N) is 2. The zero-order valence-corrected chi connectivity index (χ0v) is 15.1. The van der Waals surface area contributed by atoms with Gasteiger partial charge in [0.15, 0.2) is 17.4 Å². The topological polar surface area (TPSA) is 84.1 Å². The summed E-state index contributed by atoms with van der Waals surface area (Å²) in [6.45, 7) is 0. The van der Waals surface area contributed by atoms with Crippen LogP contribution in [0.5, 0.6) is 5.75 Å². The van der Waals surface area contributed by atoms with Gasteiger partial charge in [0.2, 0.25) is 0 Å². The quantitative estimate of drug-likeness (QED) is 0.591. The van der Waals surface area contributed by atoms with Gasteiger partial charge >= 0.3 is 6.36 Å². The lowest BCUT2D eigenvalue weighted by Crippen LogP contribution is -2.31. The predicted octanol–water partition coefficient (Wildman–Crippen LogP) is 3.61. The van der Waals surface area contributed by atoms with Crippen LogP contribution < -0.4 is 15.6 Å². The second-order valence-corrected chi connectivity index (χ2v) is 6.08. The van der Waals surface area contributed by atoms with E-state index in [0.29, 0.717) is 18.2 Å². The minimum absolute atomic E-state index is 0.178. The van der Waals surface area contributed by atoms with Crippen molar-refractivity contribution in [3.8, 4) is 5.75 Å². The molecule has 2 N–H and O–H groups in total. The molecular formula is C19H11F6N3O3. The van der Waals surface area contributed by atoms with Crippen LogP contribution in [0.1, 0.15) is 27.7 Å².